The molecule has 5 aromatic rings. The molecule has 3 N–H and O–H groups in total. The lowest BCUT2D eigenvalue weighted by atomic mass is 9.99. The van der Waals surface area contributed by atoms with Gasteiger partial charge in [0.05, 0.1) is 31.8 Å². The van der Waals surface area contributed by atoms with E-state index in [9.17, 15) is 9.59 Å². The first-order chi connectivity index (χ1) is 23.7. The van der Waals surface area contributed by atoms with Crippen LogP contribution in [0.3, 0.4) is 0 Å². The number of anilines is 2. The second-order valence-corrected chi connectivity index (χ2v) is 13.7. The Morgan fingerprint density at radius 3 is 2.59 bits per heavy atom. The molecular weight excluding hydrogens is 660 g/mol. The van der Waals surface area contributed by atoms with E-state index >= 15 is 0 Å². The van der Waals surface area contributed by atoms with E-state index in [1.54, 1.807) is 11.3 Å². The number of hydrogen-bond acceptors (Lipinski definition) is 9. The van der Waals surface area contributed by atoms with Gasteiger partial charge in [0.15, 0.2) is 5.82 Å². The third kappa shape index (κ3) is 6.85. The number of aryl methyl sites for hydroxylation is 2. The Kier molecular flexibility index (Phi) is 9.26. The molecule has 1 atom stereocenters. The second-order valence-electron chi connectivity index (χ2n) is 12.0. The van der Waals surface area contributed by atoms with Gasteiger partial charge < -0.3 is 20.7 Å². The van der Waals surface area contributed by atoms with Crippen molar-refractivity contribution in [3.05, 3.63) is 105 Å². The first-order valence-electron chi connectivity index (χ1n) is 16.1. The van der Waals surface area contributed by atoms with E-state index in [1.807, 2.05) is 72.3 Å². The van der Waals surface area contributed by atoms with Gasteiger partial charge in [-0.05, 0) is 73.9 Å². The molecule has 0 fully saturated rings. The standard InChI is InChI=1S/C36H35ClN8O3S/c1-20-21(2)49-36-33(20)34(23-4-8-27(37)9-5-23)42-29(35-44-43-22(3)45(35)36)18-31(46)39-13-15-48-14-12-38-30-11-7-25(19-40-30)24-6-10-28-26(16-24)17-32(47)41-28/h4-11,16,19,29H,12-15,17-18H2,1-3H3,(H,38,40)(H,39,46)(H,41,47). The van der Waals surface area contributed by atoms with Crippen LogP contribution in [0.15, 0.2) is 65.8 Å². The summed E-state index contributed by atoms with van der Waals surface area (Å²) in [6.45, 7) is 7.87. The Labute approximate surface area is 292 Å². The van der Waals surface area contributed by atoms with Crippen LogP contribution in [-0.4, -0.2) is 63.6 Å². The van der Waals surface area contributed by atoms with Gasteiger partial charge in [0.1, 0.15) is 22.7 Å². The maximum Gasteiger partial charge on any atom is 0.228 e. The number of thiophene rings is 1. The van der Waals surface area contributed by atoms with Crippen LogP contribution in [0.25, 0.3) is 16.1 Å². The lowest BCUT2D eigenvalue weighted by Crippen LogP contribution is -2.29. The van der Waals surface area contributed by atoms with Gasteiger partial charge in [-0.1, -0.05) is 29.8 Å². The number of pyridine rings is 1. The molecule has 2 amide bonds. The molecule has 13 heteroatoms. The fourth-order valence-electron chi connectivity index (χ4n) is 6.07. The number of benzene rings is 2. The lowest BCUT2D eigenvalue weighted by molar-refractivity contribution is -0.121. The number of amides is 2. The Hall–Kier alpha value is -4.91. The molecular formula is C36H35ClN8O3S. The number of aromatic nitrogens is 4. The summed E-state index contributed by atoms with van der Waals surface area (Å²) in [5.74, 6) is 2.01. The van der Waals surface area contributed by atoms with Gasteiger partial charge in [-0.2, -0.15) is 0 Å². The molecule has 0 spiro atoms. The van der Waals surface area contributed by atoms with Crippen LogP contribution in [-0.2, 0) is 20.7 Å². The molecule has 0 bridgehead atoms. The monoisotopic (exact) mass is 694 g/mol. The number of carbonyl (C=O) groups excluding carboxylic acids is 2. The van der Waals surface area contributed by atoms with Crippen LogP contribution in [0.4, 0.5) is 11.5 Å². The van der Waals surface area contributed by atoms with Crippen LogP contribution in [0.1, 0.15) is 51.2 Å². The molecule has 0 saturated heterocycles. The Balaban J connectivity index is 0.919. The van der Waals surface area contributed by atoms with Gasteiger partial charge in [-0.15, -0.1) is 21.5 Å². The zero-order chi connectivity index (χ0) is 34.1. The number of carbonyl (C=O) groups is 2. The van der Waals surface area contributed by atoms with Crippen molar-refractivity contribution in [2.45, 2.75) is 39.7 Å². The van der Waals surface area contributed by atoms with Gasteiger partial charge in [-0.3, -0.25) is 19.1 Å². The molecule has 7 rings (SSSR count). The van der Waals surface area contributed by atoms with E-state index in [1.165, 1.54) is 4.88 Å². The van der Waals surface area contributed by atoms with Gasteiger partial charge in [0.25, 0.3) is 0 Å². The summed E-state index contributed by atoms with van der Waals surface area (Å²) in [5.41, 5.74) is 7.79. The van der Waals surface area contributed by atoms with Crippen molar-refractivity contribution >= 4 is 52.0 Å². The first-order valence-corrected chi connectivity index (χ1v) is 17.3. The van der Waals surface area contributed by atoms with Gasteiger partial charge in [-0.25, -0.2) is 4.98 Å². The van der Waals surface area contributed by atoms with E-state index in [0.717, 1.165) is 61.4 Å². The van der Waals surface area contributed by atoms with Crippen LogP contribution in [0, 0.1) is 20.8 Å². The normalized spacial score (nSPS) is 14.7. The van der Waals surface area contributed by atoms with Crippen molar-refractivity contribution in [2.75, 3.05) is 36.9 Å². The SMILES string of the molecule is Cc1sc2c(c1C)C(c1ccc(Cl)cc1)=NC(CC(=O)NCCOCCNc1ccc(-c3ccc4c(c3)CC(=O)N4)cn1)c1nnc(C)n1-2. The summed E-state index contributed by atoms with van der Waals surface area (Å²) in [7, 11) is 0. The number of nitrogens with one attached hydrogen (secondary N) is 3. The highest BCUT2D eigenvalue weighted by Gasteiger charge is 2.32. The largest absolute Gasteiger partial charge is 0.378 e. The summed E-state index contributed by atoms with van der Waals surface area (Å²) < 4.78 is 7.80. The Morgan fingerprint density at radius 2 is 1.80 bits per heavy atom. The van der Waals surface area contributed by atoms with Crippen LogP contribution < -0.4 is 16.0 Å². The summed E-state index contributed by atoms with van der Waals surface area (Å²) in [4.78, 5) is 35.7. The Bertz CT molecular complexity index is 2070. The van der Waals surface area contributed by atoms with Crippen LogP contribution >= 0.6 is 22.9 Å². The topological polar surface area (TPSA) is 135 Å². The fraction of sp³-hybridized carbons (Fsp3) is 0.278. The summed E-state index contributed by atoms with van der Waals surface area (Å²) in [6.07, 6.45) is 2.33. The zero-order valence-electron chi connectivity index (χ0n) is 27.3. The smallest absolute Gasteiger partial charge is 0.228 e. The number of hydrogen-bond donors (Lipinski definition) is 3. The van der Waals surface area contributed by atoms with Crippen molar-refractivity contribution in [3.63, 3.8) is 0 Å². The average molecular weight is 695 g/mol. The molecule has 0 radical (unpaired) electrons. The molecule has 2 aliphatic heterocycles. The molecule has 1 unspecified atom stereocenters. The van der Waals surface area contributed by atoms with E-state index in [0.29, 0.717) is 43.6 Å². The third-order valence-corrected chi connectivity index (χ3v) is 10.1. The first kappa shape index (κ1) is 32.6. The predicted octanol–water partition coefficient (Wildman–Crippen LogP) is 5.99. The molecule has 49 heavy (non-hydrogen) atoms. The van der Waals surface area contributed by atoms with E-state index < -0.39 is 6.04 Å². The highest BCUT2D eigenvalue weighted by atomic mass is 35.5. The number of ether oxygens (including phenoxy) is 1. The summed E-state index contributed by atoms with van der Waals surface area (Å²) in [6, 6.07) is 17.0. The summed E-state index contributed by atoms with van der Waals surface area (Å²) in [5, 5.41) is 19.6. The highest BCUT2D eigenvalue weighted by Crippen LogP contribution is 2.39. The quantitative estimate of drug-likeness (QED) is 0.145. The van der Waals surface area contributed by atoms with Gasteiger partial charge in [0.2, 0.25) is 11.8 Å². The average Bonchev–Trinajstić information content (AvgIpc) is 3.73. The van der Waals surface area contributed by atoms with Crippen molar-refractivity contribution in [2.24, 2.45) is 4.99 Å². The van der Waals surface area contributed by atoms with Gasteiger partial charge >= 0.3 is 0 Å². The van der Waals surface area contributed by atoms with Crippen LogP contribution in [0.5, 0.6) is 0 Å². The number of nitrogens with zero attached hydrogens (tertiary/aromatic N) is 5. The van der Waals surface area contributed by atoms with Gasteiger partial charge in [0, 0.05) is 51.6 Å². The minimum Gasteiger partial charge on any atom is -0.378 e. The van der Waals surface area contributed by atoms with E-state index in [2.05, 4.69) is 45.0 Å². The van der Waals surface area contributed by atoms with Crippen molar-refractivity contribution in [3.8, 4) is 16.1 Å². The lowest BCUT2D eigenvalue weighted by Gasteiger charge is -2.13. The molecule has 2 aliphatic rings. The Morgan fingerprint density at radius 1 is 1.02 bits per heavy atom. The minimum absolute atomic E-state index is 0.0207. The molecule has 250 valence electrons. The molecule has 5 heterocycles. The third-order valence-electron chi connectivity index (χ3n) is 8.68. The van der Waals surface area contributed by atoms with E-state index in [4.69, 9.17) is 21.3 Å². The predicted molar refractivity (Wildman–Crippen MR) is 192 cm³/mol. The van der Waals surface area contributed by atoms with E-state index in [-0.39, 0.29) is 18.2 Å². The maximum atomic E-state index is 13.2. The number of aliphatic imine (C=N–C) groups is 1. The molecule has 0 saturated carbocycles. The van der Waals surface area contributed by atoms with Crippen molar-refractivity contribution in [1.82, 2.24) is 25.1 Å². The number of fused-ring (bicyclic) bond motifs is 4. The molecule has 11 nitrogen and oxygen atoms in total. The highest BCUT2D eigenvalue weighted by molar-refractivity contribution is 7.15. The molecule has 2 aromatic carbocycles. The van der Waals surface area contributed by atoms with Crippen molar-refractivity contribution in [1.29, 1.82) is 0 Å². The fourth-order valence-corrected chi connectivity index (χ4v) is 7.41. The summed E-state index contributed by atoms with van der Waals surface area (Å²) >= 11 is 7.89. The minimum atomic E-state index is -0.529. The number of rotatable bonds is 11. The maximum absolute atomic E-state index is 13.2. The molecule has 3 aromatic heterocycles. The van der Waals surface area contributed by atoms with Crippen molar-refractivity contribution < 1.29 is 14.3 Å². The zero-order valence-corrected chi connectivity index (χ0v) is 28.9. The number of halogens is 1. The second kappa shape index (κ2) is 13.9. The molecule has 0 aliphatic carbocycles. The van der Waals surface area contributed by atoms with Crippen LogP contribution in [0.2, 0.25) is 5.02 Å².